The maximum absolute atomic E-state index is 12.9. The smallest absolute Gasteiger partial charge is 0.321 e. The Balaban J connectivity index is 1.54. The first-order chi connectivity index (χ1) is 13.1. The van der Waals surface area contributed by atoms with Gasteiger partial charge in [-0.05, 0) is 25.0 Å². The summed E-state index contributed by atoms with van der Waals surface area (Å²) in [6, 6.07) is 7.32. The summed E-state index contributed by atoms with van der Waals surface area (Å²) >= 11 is 0. The maximum Gasteiger partial charge on any atom is 0.321 e. The number of urea groups is 1. The van der Waals surface area contributed by atoms with Crippen LogP contribution < -0.4 is 10.1 Å². The maximum atomic E-state index is 12.9. The number of carbonyl (C=O) groups is 1. The van der Waals surface area contributed by atoms with Crippen molar-refractivity contribution in [2.24, 2.45) is 0 Å². The number of likely N-dealkylation sites (tertiary alicyclic amines) is 1. The third-order valence-electron chi connectivity index (χ3n) is 4.77. The van der Waals surface area contributed by atoms with Gasteiger partial charge in [0.25, 0.3) is 0 Å². The summed E-state index contributed by atoms with van der Waals surface area (Å²) in [7, 11) is 1.60. The molecule has 0 bridgehead atoms. The molecule has 8 nitrogen and oxygen atoms in total. The highest BCUT2D eigenvalue weighted by molar-refractivity contribution is 6.00. The lowest BCUT2D eigenvalue weighted by atomic mass is 9.97. The summed E-state index contributed by atoms with van der Waals surface area (Å²) < 4.78 is 10.4. The number of pyridine rings is 1. The number of aromatic nitrogens is 3. The highest BCUT2D eigenvalue weighted by atomic mass is 16.5. The number of rotatable bonds is 3. The molecule has 0 saturated carbocycles. The number of carbonyl (C=O) groups excluding carboxylic acids is 1. The molecule has 140 valence electrons. The summed E-state index contributed by atoms with van der Waals surface area (Å²) in [4.78, 5) is 23.4. The Morgan fingerprint density at radius 2 is 2.30 bits per heavy atom. The second-order valence-corrected chi connectivity index (χ2v) is 6.64. The lowest BCUT2D eigenvalue weighted by molar-refractivity contribution is 0.190. The van der Waals surface area contributed by atoms with E-state index in [1.165, 1.54) is 0 Å². The molecule has 3 aromatic rings. The van der Waals surface area contributed by atoms with Gasteiger partial charge in [-0.3, -0.25) is 4.98 Å². The normalized spacial score (nSPS) is 17.1. The zero-order chi connectivity index (χ0) is 18.8. The molecule has 2 aromatic heterocycles. The molecule has 1 aromatic carbocycles. The molecule has 1 fully saturated rings. The fourth-order valence-corrected chi connectivity index (χ4v) is 3.43. The van der Waals surface area contributed by atoms with Crippen LogP contribution in [0, 0.1) is 6.92 Å². The Morgan fingerprint density at radius 1 is 1.41 bits per heavy atom. The number of anilines is 1. The number of aryl methyl sites for hydroxylation is 1. The summed E-state index contributed by atoms with van der Waals surface area (Å²) in [6.07, 6.45) is 3.54. The van der Waals surface area contributed by atoms with Crippen LogP contribution in [0.5, 0.6) is 5.75 Å². The number of hydrogen-bond donors (Lipinski definition) is 1. The topological polar surface area (TPSA) is 93.4 Å². The quantitative estimate of drug-likeness (QED) is 0.763. The number of ether oxygens (including phenoxy) is 1. The van der Waals surface area contributed by atoms with Crippen molar-refractivity contribution in [1.82, 2.24) is 20.0 Å². The summed E-state index contributed by atoms with van der Waals surface area (Å²) in [5, 5.41) is 7.90. The van der Waals surface area contributed by atoms with Crippen LogP contribution >= 0.6 is 0 Å². The van der Waals surface area contributed by atoms with Crippen LogP contribution in [0.1, 0.15) is 30.5 Å². The van der Waals surface area contributed by atoms with E-state index in [9.17, 15) is 4.79 Å². The first-order valence-electron chi connectivity index (χ1n) is 8.93. The molecule has 0 aliphatic carbocycles. The first-order valence-corrected chi connectivity index (χ1v) is 8.93. The Kier molecular flexibility index (Phi) is 4.62. The predicted octanol–water partition coefficient (Wildman–Crippen LogP) is 3.35. The van der Waals surface area contributed by atoms with Gasteiger partial charge in [-0.25, -0.2) is 4.79 Å². The lowest BCUT2D eigenvalue weighted by Gasteiger charge is -2.31. The number of fused-ring (bicyclic) bond motifs is 1. The highest BCUT2D eigenvalue weighted by Crippen LogP contribution is 2.29. The molecule has 1 atom stereocenters. The standard InChI is InChI=1S/C19H21N5O3/c1-12-21-18(23-27-12)14-6-4-8-24(11-14)19(25)22-16-10-15(26-2)9-13-5-3-7-20-17(13)16/h3,5,7,9-10,14H,4,6,8,11H2,1-2H3,(H,22,25). The average Bonchev–Trinajstić information content (AvgIpc) is 3.14. The van der Waals surface area contributed by atoms with Crippen molar-refractivity contribution in [2.75, 3.05) is 25.5 Å². The van der Waals surface area contributed by atoms with E-state index in [1.54, 1.807) is 31.2 Å². The van der Waals surface area contributed by atoms with Crippen LogP contribution in [-0.4, -0.2) is 46.3 Å². The predicted molar refractivity (Wildman–Crippen MR) is 99.9 cm³/mol. The number of nitrogens with one attached hydrogen (secondary N) is 1. The third-order valence-corrected chi connectivity index (χ3v) is 4.77. The Morgan fingerprint density at radius 3 is 3.07 bits per heavy atom. The number of hydrogen-bond acceptors (Lipinski definition) is 6. The number of amides is 2. The van der Waals surface area contributed by atoms with Gasteiger partial charge in [0.05, 0.1) is 18.3 Å². The van der Waals surface area contributed by atoms with Gasteiger partial charge in [-0.1, -0.05) is 11.2 Å². The fourth-order valence-electron chi connectivity index (χ4n) is 3.43. The van der Waals surface area contributed by atoms with Gasteiger partial charge in [-0.2, -0.15) is 4.98 Å². The third kappa shape index (κ3) is 3.55. The molecule has 2 amide bonds. The van der Waals surface area contributed by atoms with Crippen LogP contribution in [0.15, 0.2) is 35.0 Å². The zero-order valence-electron chi connectivity index (χ0n) is 15.3. The summed E-state index contributed by atoms with van der Waals surface area (Å²) in [6.45, 7) is 3.01. The molecule has 0 spiro atoms. The molecular weight excluding hydrogens is 346 g/mol. The number of nitrogens with zero attached hydrogens (tertiary/aromatic N) is 4. The van der Waals surface area contributed by atoms with Gasteiger partial charge in [0.15, 0.2) is 5.82 Å². The average molecular weight is 367 g/mol. The Labute approximate surface area is 156 Å². The van der Waals surface area contributed by atoms with Crippen molar-refractivity contribution < 1.29 is 14.1 Å². The van der Waals surface area contributed by atoms with E-state index in [0.717, 1.165) is 23.7 Å². The van der Waals surface area contributed by atoms with Crippen molar-refractivity contribution in [3.63, 3.8) is 0 Å². The van der Waals surface area contributed by atoms with E-state index in [-0.39, 0.29) is 11.9 Å². The van der Waals surface area contributed by atoms with Gasteiger partial charge >= 0.3 is 6.03 Å². The molecule has 0 radical (unpaired) electrons. The van der Waals surface area contributed by atoms with E-state index < -0.39 is 0 Å². The molecule has 1 aliphatic rings. The second-order valence-electron chi connectivity index (χ2n) is 6.64. The molecule has 27 heavy (non-hydrogen) atoms. The molecule has 1 N–H and O–H groups in total. The highest BCUT2D eigenvalue weighted by Gasteiger charge is 2.28. The lowest BCUT2D eigenvalue weighted by Crippen LogP contribution is -2.41. The van der Waals surface area contributed by atoms with Crippen molar-refractivity contribution in [3.8, 4) is 5.75 Å². The molecule has 1 unspecified atom stereocenters. The van der Waals surface area contributed by atoms with E-state index in [1.807, 2.05) is 18.2 Å². The van der Waals surface area contributed by atoms with Gasteiger partial charge in [0.1, 0.15) is 5.75 Å². The van der Waals surface area contributed by atoms with Crippen LogP contribution in [-0.2, 0) is 0 Å². The van der Waals surface area contributed by atoms with Gasteiger partial charge in [0.2, 0.25) is 5.89 Å². The van der Waals surface area contributed by atoms with Crippen LogP contribution in [0.4, 0.5) is 10.5 Å². The van der Waals surface area contributed by atoms with Crippen LogP contribution in [0.25, 0.3) is 10.9 Å². The SMILES string of the molecule is COc1cc(NC(=O)N2CCCC(c3noc(C)n3)C2)c2ncccc2c1. The van der Waals surface area contributed by atoms with Crippen LogP contribution in [0.3, 0.4) is 0 Å². The van der Waals surface area contributed by atoms with Gasteiger partial charge in [0, 0.05) is 43.6 Å². The van der Waals surface area contributed by atoms with E-state index in [4.69, 9.17) is 9.26 Å². The van der Waals surface area contributed by atoms with Crippen LogP contribution in [0.2, 0.25) is 0 Å². The minimum atomic E-state index is -0.167. The number of piperidine rings is 1. The molecular formula is C19H21N5O3. The molecule has 1 saturated heterocycles. The van der Waals surface area contributed by atoms with Gasteiger partial charge in [-0.15, -0.1) is 0 Å². The van der Waals surface area contributed by atoms with Crippen molar-refractivity contribution >= 4 is 22.6 Å². The Bertz CT molecular complexity index is 971. The molecule has 4 rings (SSSR count). The van der Waals surface area contributed by atoms with E-state index >= 15 is 0 Å². The van der Waals surface area contributed by atoms with Crippen molar-refractivity contribution in [2.45, 2.75) is 25.7 Å². The van der Waals surface area contributed by atoms with Gasteiger partial charge < -0.3 is 19.5 Å². The number of methoxy groups -OCH3 is 1. The molecule has 1 aliphatic heterocycles. The fraction of sp³-hybridized carbons (Fsp3) is 0.368. The van der Waals surface area contributed by atoms with Crippen molar-refractivity contribution in [1.29, 1.82) is 0 Å². The molecule has 8 heteroatoms. The number of benzene rings is 1. The molecule has 3 heterocycles. The largest absolute Gasteiger partial charge is 0.497 e. The Hall–Kier alpha value is -3.16. The monoisotopic (exact) mass is 367 g/mol. The second kappa shape index (κ2) is 7.22. The summed E-state index contributed by atoms with van der Waals surface area (Å²) in [5.74, 6) is 1.96. The minimum absolute atomic E-state index is 0.0853. The first kappa shape index (κ1) is 17.3. The van der Waals surface area contributed by atoms with E-state index in [2.05, 4.69) is 20.4 Å². The minimum Gasteiger partial charge on any atom is -0.497 e. The van der Waals surface area contributed by atoms with E-state index in [0.29, 0.717) is 36.2 Å². The van der Waals surface area contributed by atoms with Crippen molar-refractivity contribution in [3.05, 3.63) is 42.2 Å². The zero-order valence-corrected chi connectivity index (χ0v) is 15.3. The summed E-state index contributed by atoms with van der Waals surface area (Å²) in [5.41, 5.74) is 1.36.